The average molecular weight is 189 g/mol. The van der Waals surface area contributed by atoms with Gasteiger partial charge in [-0.1, -0.05) is 0 Å². The summed E-state index contributed by atoms with van der Waals surface area (Å²) in [5.74, 6) is 0.00722. The Kier molecular flexibility index (Phi) is 2.89. The third kappa shape index (κ3) is 2.31. The minimum Gasteiger partial charge on any atom is -0.324 e. The first-order valence-electron chi connectivity index (χ1n) is 3.99. The van der Waals surface area contributed by atoms with E-state index in [1.54, 1.807) is 0 Å². The van der Waals surface area contributed by atoms with E-state index in [9.17, 15) is 4.57 Å². The topological polar surface area (TPSA) is 81.3 Å². The summed E-state index contributed by atoms with van der Waals surface area (Å²) in [6.45, 7) is 0. The van der Waals surface area contributed by atoms with Crippen LogP contribution in [-0.4, -0.2) is 15.4 Å². The van der Waals surface area contributed by atoms with Gasteiger partial charge in [0.15, 0.2) is 0 Å². The molecule has 68 valence electrons. The first kappa shape index (κ1) is 9.73. The van der Waals surface area contributed by atoms with Gasteiger partial charge in [0.05, 0.1) is 11.7 Å². The standard InChI is InChI=1S/C7H12NO3P/c8-5-6-1-3-7(4-2-6)12(9,10)11/h6-7H,1-4H2,(H2,9,10,11). The molecule has 0 aliphatic heterocycles. The van der Waals surface area contributed by atoms with Crippen LogP contribution in [0.25, 0.3) is 0 Å². The monoisotopic (exact) mass is 189 g/mol. The van der Waals surface area contributed by atoms with E-state index >= 15 is 0 Å². The summed E-state index contributed by atoms with van der Waals surface area (Å²) >= 11 is 0. The maximum atomic E-state index is 10.8. The van der Waals surface area contributed by atoms with E-state index in [0.29, 0.717) is 25.7 Å². The molecule has 0 atom stereocenters. The highest BCUT2D eigenvalue weighted by Gasteiger charge is 2.32. The Morgan fingerprint density at radius 2 is 1.75 bits per heavy atom. The van der Waals surface area contributed by atoms with E-state index in [2.05, 4.69) is 6.07 Å². The van der Waals surface area contributed by atoms with Gasteiger partial charge in [0.2, 0.25) is 0 Å². The number of nitriles is 1. The number of hydrogen-bond donors (Lipinski definition) is 2. The van der Waals surface area contributed by atoms with Crippen molar-refractivity contribution in [2.45, 2.75) is 31.3 Å². The molecule has 1 aliphatic rings. The molecule has 0 unspecified atom stereocenters. The minimum atomic E-state index is -3.89. The van der Waals surface area contributed by atoms with E-state index in [4.69, 9.17) is 15.0 Å². The van der Waals surface area contributed by atoms with Crippen LogP contribution in [0.15, 0.2) is 0 Å². The first-order chi connectivity index (χ1) is 5.54. The molecule has 5 heteroatoms. The third-order valence-electron chi connectivity index (χ3n) is 2.35. The second-order valence-electron chi connectivity index (χ2n) is 3.22. The lowest BCUT2D eigenvalue weighted by molar-refractivity contribution is 0.324. The van der Waals surface area contributed by atoms with Gasteiger partial charge in [-0.25, -0.2) is 0 Å². The zero-order valence-corrected chi connectivity index (χ0v) is 7.57. The van der Waals surface area contributed by atoms with Gasteiger partial charge in [-0.15, -0.1) is 0 Å². The van der Waals surface area contributed by atoms with E-state index in [1.807, 2.05) is 0 Å². The molecule has 0 bridgehead atoms. The molecule has 0 heterocycles. The summed E-state index contributed by atoms with van der Waals surface area (Å²) in [6.07, 6.45) is 2.24. The maximum absolute atomic E-state index is 10.8. The zero-order valence-electron chi connectivity index (χ0n) is 6.68. The van der Waals surface area contributed by atoms with Crippen LogP contribution in [0.1, 0.15) is 25.7 Å². The largest absolute Gasteiger partial charge is 0.328 e. The molecule has 0 aromatic carbocycles. The normalized spacial score (nSPS) is 31.1. The van der Waals surface area contributed by atoms with Gasteiger partial charge in [0.25, 0.3) is 0 Å². The molecule has 0 aromatic heterocycles. The number of hydrogen-bond acceptors (Lipinski definition) is 2. The van der Waals surface area contributed by atoms with Gasteiger partial charge in [0, 0.05) is 5.92 Å². The van der Waals surface area contributed by atoms with Crippen LogP contribution in [0.2, 0.25) is 0 Å². The van der Waals surface area contributed by atoms with Crippen LogP contribution in [-0.2, 0) is 4.57 Å². The lowest BCUT2D eigenvalue weighted by Crippen LogP contribution is -2.17. The molecular weight excluding hydrogens is 177 g/mol. The summed E-state index contributed by atoms with van der Waals surface area (Å²) in [5, 5.41) is 8.54. The van der Waals surface area contributed by atoms with Gasteiger partial charge in [-0.2, -0.15) is 5.26 Å². The maximum Gasteiger partial charge on any atom is 0.328 e. The van der Waals surface area contributed by atoms with Gasteiger partial charge in [0.1, 0.15) is 0 Å². The van der Waals surface area contributed by atoms with E-state index < -0.39 is 13.3 Å². The lowest BCUT2D eigenvalue weighted by atomic mass is 9.90. The van der Waals surface area contributed by atoms with Crippen molar-refractivity contribution < 1.29 is 14.4 Å². The van der Waals surface area contributed by atoms with Crippen LogP contribution in [0, 0.1) is 17.2 Å². The highest BCUT2D eigenvalue weighted by atomic mass is 31.2. The molecule has 1 fully saturated rings. The molecule has 1 rings (SSSR count). The fourth-order valence-electron chi connectivity index (χ4n) is 1.54. The molecule has 0 saturated heterocycles. The Morgan fingerprint density at radius 3 is 2.08 bits per heavy atom. The summed E-state index contributed by atoms with van der Waals surface area (Å²) in [5.41, 5.74) is -0.498. The first-order valence-corrected chi connectivity index (χ1v) is 5.67. The predicted octanol–water partition coefficient (Wildman–Crippen LogP) is 1.25. The molecule has 1 saturated carbocycles. The second kappa shape index (κ2) is 3.57. The van der Waals surface area contributed by atoms with Crippen LogP contribution in [0.5, 0.6) is 0 Å². The molecule has 0 radical (unpaired) electrons. The predicted molar refractivity (Wildman–Crippen MR) is 43.4 cm³/mol. The fourth-order valence-corrected chi connectivity index (χ4v) is 2.51. The smallest absolute Gasteiger partial charge is 0.324 e. The highest BCUT2D eigenvalue weighted by Crippen LogP contribution is 2.48. The van der Waals surface area contributed by atoms with Gasteiger partial charge in [-0.05, 0) is 25.7 Å². The quantitative estimate of drug-likeness (QED) is 0.608. The summed E-state index contributed by atoms with van der Waals surface area (Å²) in [7, 11) is -3.89. The number of nitrogens with zero attached hydrogens (tertiary/aromatic N) is 1. The van der Waals surface area contributed by atoms with Crippen molar-refractivity contribution in [3.63, 3.8) is 0 Å². The molecule has 0 amide bonds. The Bertz CT molecular complexity index is 234. The lowest BCUT2D eigenvalue weighted by Gasteiger charge is -2.24. The summed E-state index contributed by atoms with van der Waals surface area (Å²) in [6, 6.07) is 2.12. The Hall–Kier alpha value is -0.360. The molecule has 1 aliphatic carbocycles. The Balaban J connectivity index is 2.48. The van der Waals surface area contributed by atoms with E-state index in [-0.39, 0.29) is 5.92 Å². The van der Waals surface area contributed by atoms with Crippen LogP contribution < -0.4 is 0 Å². The molecule has 0 aromatic rings. The zero-order chi connectivity index (χ0) is 9.19. The average Bonchev–Trinajstić information content (AvgIpc) is 2.03. The van der Waals surface area contributed by atoms with Crippen molar-refractivity contribution in [3.8, 4) is 6.07 Å². The van der Waals surface area contributed by atoms with Crippen LogP contribution in [0.4, 0.5) is 0 Å². The molecule has 12 heavy (non-hydrogen) atoms. The van der Waals surface area contributed by atoms with Crippen LogP contribution >= 0.6 is 7.60 Å². The summed E-state index contributed by atoms with van der Waals surface area (Å²) < 4.78 is 10.8. The van der Waals surface area contributed by atoms with Gasteiger partial charge < -0.3 is 9.79 Å². The third-order valence-corrected chi connectivity index (χ3v) is 3.82. The molecule has 0 spiro atoms. The van der Waals surface area contributed by atoms with Crippen molar-refractivity contribution >= 4 is 7.60 Å². The van der Waals surface area contributed by atoms with Crippen molar-refractivity contribution in [1.82, 2.24) is 0 Å². The van der Waals surface area contributed by atoms with Crippen LogP contribution in [0.3, 0.4) is 0 Å². The molecule has 2 N–H and O–H groups in total. The summed E-state index contributed by atoms with van der Waals surface area (Å²) in [4.78, 5) is 17.7. The molecule has 4 nitrogen and oxygen atoms in total. The Labute approximate surface area is 71.4 Å². The van der Waals surface area contributed by atoms with E-state index in [1.165, 1.54) is 0 Å². The minimum absolute atomic E-state index is 0.00722. The van der Waals surface area contributed by atoms with Crippen molar-refractivity contribution in [1.29, 1.82) is 5.26 Å². The fraction of sp³-hybridized carbons (Fsp3) is 0.857. The Morgan fingerprint density at radius 1 is 1.25 bits per heavy atom. The van der Waals surface area contributed by atoms with Crippen molar-refractivity contribution in [3.05, 3.63) is 0 Å². The second-order valence-corrected chi connectivity index (χ2v) is 5.13. The number of rotatable bonds is 1. The van der Waals surface area contributed by atoms with Gasteiger partial charge in [-0.3, -0.25) is 4.57 Å². The van der Waals surface area contributed by atoms with Crippen molar-refractivity contribution in [2.75, 3.05) is 0 Å². The van der Waals surface area contributed by atoms with Gasteiger partial charge >= 0.3 is 7.60 Å². The highest BCUT2D eigenvalue weighted by molar-refractivity contribution is 7.52. The van der Waals surface area contributed by atoms with Crippen molar-refractivity contribution in [2.24, 2.45) is 5.92 Å². The SMILES string of the molecule is N#CC1CCC(P(=O)(O)O)CC1. The van der Waals surface area contributed by atoms with E-state index in [0.717, 1.165) is 0 Å². The molecular formula is C7H12NO3P.